The zero-order valence-corrected chi connectivity index (χ0v) is 17.6. The molecule has 2 rings (SSSR count). The number of hydrogen-bond donors (Lipinski definition) is 1. The Hall–Kier alpha value is -2.06. The summed E-state index contributed by atoms with van der Waals surface area (Å²) >= 11 is 1.67. The fraction of sp³-hybridized carbons (Fsp3) is 0.350. The molecule has 0 heterocycles. The number of anilines is 1. The number of thioether (sulfide) groups is 1. The molecule has 28 heavy (non-hydrogen) atoms. The Labute approximate surface area is 170 Å². The second-order valence-corrected chi connectivity index (χ2v) is 9.23. The molecule has 0 fully saturated rings. The molecule has 0 saturated carbocycles. The lowest BCUT2D eigenvalue weighted by molar-refractivity contribution is -0.122. The van der Waals surface area contributed by atoms with Gasteiger partial charge in [0.15, 0.2) is 0 Å². The molecule has 0 unspecified atom stereocenters. The van der Waals surface area contributed by atoms with Crippen molar-refractivity contribution >= 4 is 33.4 Å². The molecule has 2 aromatic rings. The highest BCUT2D eigenvalue weighted by Crippen LogP contribution is 2.25. The molecule has 0 radical (unpaired) electrons. The average molecular weight is 425 g/mol. The van der Waals surface area contributed by atoms with Crippen LogP contribution in [-0.2, 0) is 20.6 Å². The summed E-state index contributed by atoms with van der Waals surface area (Å²) in [4.78, 5) is 12.6. The van der Waals surface area contributed by atoms with Crippen LogP contribution in [0.15, 0.2) is 54.6 Å². The summed E-state index contributed by atoms with van der Waals surface area (Å²) in [5.74, 6) is 0.405. The minimum Gasteiger partial charge on any atom is -0.353 e. The van der Waals surface area contributed by atoms with E-state index in [9.17, 15) is 17.6 Å². The maximum Gasteiger partial charge on any atom is 0.243 e. The van der Waals surface area contributed by atoms with Gasteiger partial charge in [-0.05, 0) is 24.1 Å². The summed E-state index contributed by atoms with van der Waals surface area (Å²) in [6.45, 7) is 2.11. The molecule has 1 N–H and O–H groups in total. The van der Waals surface area contributed by atoms with E-state index in [0.29, 0.717) is 12.3 Å². The second kappa shape index (κ2) is 10.5. The van der Waals surface area contributed by atoms with Crippen LogP contribution in [0, 0.1) is 5.82 Å². The van der Waals surface area contributed by atoms with Gasteiger partial charge in [-0.15, -0.1) is 0 Å². The van der Waals surface area contributed by atoms with Crippen LogP contribution in [-0.4, -0.2) is 38.9 Å². The number of carbonyl (C=O) groups is 1. The Morgan fingerprint density at radius 1 is 1.14 bits per heavy atom. The molecule has 0 aliphatic carbocycles. The highest BCUT2D eigenvalue weighted by molar-refractivity contribution is 7.98. The second-order valence-electron chi connectivity index (χ2n) is 6.26. The molecular weight excluding hydrogens is 399 g/mol. The summed E-state index contributed by atoms with van der Waals surface area (Å²) in [5, 5.41) is 2.77. The Bertz CT molecular complexity index is 876. The van der Waals surface area contributed by atoms with Crippen LogP contribution >= 0.6 is 11.8 Å². The lowest BCUT2D eigenvalue weighted by Crippen LogP contribution is -2.50. The van der Waals surface area contributed by atoms with Crippen LogP contribution in [0.4, 0.5) is 10.1 Å². The fourth-order valence-corrected chi connectivity index (χ4v) is 4.83. The Morgan fingerprint density at radius 2 is 1.79 bits per heavy atom. The predicted molar refractivity (Wildman–Crippen MR) is 113 cm³/mol. The number of hydrogen-bond acceptors (Lipinski definition) is 4. The molecule has 152 valence electrons. The first-order valence-electron chi connectivity index (χ1n) is 8.98. The highest BCUT2D eigenvalue weighted by Gasteiger charge is 2.32. The molecule has 0 bridgehead atoms. The van der Waals surface area contributed by atoms with E-state index in [1.54, 1.807) is 24.8 Å². The largest absolute Gasteiger partial charge is 0.353 e. The molecule has 5 nitrogen and oxygen atoms in total. The molecule has 0 aliphatic rings. The van der Waals surface area contributed by atoms with Gasteiger partial charge in [-0.3, -0.25) is 9.10 Å². The van der Waals surface area contributed by atoms with Crippen molar-refractivity contribution in [3.63, 3.8) is 0 Å². The predicted octanol–water partition coefficient (Wildman–Crippen LogP) is 3.42. The number of rotatable bonds is 10. The number of nitrogens with zero attached hydrogens (tertiary/aromatic N) is 1. The van der Waals surface area contributed by atoms with Gasteiger partial charge in [0.1, 0.15) is 11.9 Å². The number of carbonyl (C=O) groups excluding carboxylic acids is 1. The topological polar surface area (TPSA) is 66.5 Å². The van der Waals surface area contributed by atoms with Crippen LogP contribution in [0.3, 0.4) is 0 Å². The van der Waals surface area contributed by atoms with Crippen molar-refractivity contribution < 1.29 is 17.6 Å². The molecule has 0 saturated heterocycles. The number of benzene rings is 2. The zero-order valence-electron chi connectivity index (χ0n) is 16.0. The quantitative estimate of drug-likeness (QED) is 0.594. The first kappa shape index (κ1) is 22.2. The normalized spacial score (nSPS) is 12.4. The van der Waals surface area contributed by atoms with Crippen LogP contribution in [0.1, 0.15) is 18.9 Å². The molecule has 1 atom stereocenters. The summed E-state index contributed by atoms with van der Waals surface area (Å²) < 4.78 is 39.7. The van der Waals surface area contributed by atoms with E-state index >= 15 is 0 Å². The van der Waals surface area contributed by atoms with Crippen LogP contribution in [0.5, 0.6) is 0 Å². The first-order chi connectivity index (χ1) is 13.3. The lowest BCUT2D eigenvalue weighted by Gasteiger charge is -2.30. The SMILES string of the molecule is CC[C@H](C(=O)NCCSCc1ccccc1)N(c1ccccc1F)S(C)(=O)=O. The van der Waals surface area contributed by atoms with E-state index in [1.165, 1.54) is 23.8 Å². The van der Waals surface area contributed by atoms with Gasteiger partial charge < -0.3 is 5.32 Å². The van der Waals surface area contributed by atoms with Crippen molar-refractivity contribution in [2.45, 2.75) is 25.1 Å². The van der Waals surface area contributed by atoms with Gasteiger partial charge in [-0.25, -0.2) is 12.8 Å². The molecule has 1 amide bonds. The van der Waals surface area contributed by atoms with E-state index in [0.717, 1.165) is 16.3 Å². The van der Waals surface area contributed by atoms with E-state index in [4.69, 9.17) is 0 Å². The first-order valence-corrected chi connectivity index (χ1v) is 12.0. The number of para-hydroxylation sites is 1. The van der Waals surface area contributed by atoms with Gasteiger partial charge in [0, 0.05) is 18.1 Å². The molecular formula is C20H25FN2O3S2. The van der Waals surface area contributed by atoms with Gasteiger partial charge in [0.25, 0.3) is 0 Å². The number of sulfonamides is 1. The molecule has 0 aromatic heterocycles. The number of amides is 1. The number of nitrogens with one attached hydrogen (secondary N) is 1. The van der Waals surface area contributed by atoms with E-state index in [-0.39, 0.29) is 12.1 Å². The minimum atomic E-state index is -3.84. The third-order valence-corrected chi connectivity index (χ3v) is 6.27. The van der Waals surface area contributed by atoms with E-state index in [1.807, 2.05) is 30.3 Å². The van der Waals surface area contributed by atoms with Gasteiger partial charge in [0.05, 0.1) is 11.9 Å². The smallest absolute Gasteiger partial charge is 0.243 e. The summed E-state index contributed by atoms with van der Waals surface area (Å²) in [6.07, 6.45) is 1.20. The van der Waals surface area contributed by atoms with Gasteiger partial charge >= 0.3 is 0 Å². The van der Waals surface area contributed by atoms with Crippen LogP contribution in [0.25, 0.3) is 0 Å². The van der Waals surface area contributed by atoms with E-state index < -0.39 is 27.8 Å². The van der Waals surface area contributed by atoms with Crippen molar-refractivity contribution in [1.82, 2.24) is 5.32 Å². The van der Waals surface area contributed by atoms with Crippen LogP contribution in [0.2, 0.25) is 0 Å². The third-order valence-electron chi connectivity index (χ3n) is 4.08. The standard InChI is InChI=1S/C20H25FN2O3S2/c1-3-18(23(28(2,25)26)19-12-8-7-11-17(19)21)20(24)22-13-14-27-15-16-9-5-4-6-10-16/h4-12,18H,3,13-15H2,1-2H3,(H,22,24)/t18-/m1/s1. The Balaban J connectivity index is 1.99. The van der Waals surface area contributed by atoms with Gasteiger partial charge in [-0.2, -0.15) is 11.8 Å². The van der Waals surface area contributed by atoms with Crippen LogP contribution < -0.4 is 9.62 Å². The zero-order chi connectivity index (χ0) is 20.6. The Kier molecular flexibility index (Phi) is 8.32. The average Bonchev–Trinajstić information content (AvgIpc) is 2.66. The van der Waals surface area contributed by atoms with E-state index in [2.05, 4.69) is 5.32 Å². The number of halogens is 1. The maximum atomic E-state index is 14.2. The minimum absolute atomic E-state index is 0.120. The highest BCUT2D eigenvalue weighted by atomic mass is 32.2. The van der Waals surface area contributed by atoms with Crippen molar-refractivity contribution in [3.8, 4) is 0 Å². The summed E-state index contributed by atoms with van der Waals surface area (Å²) in [7, 11) is -3.84. The van der Waals surface area contributed by atoms with Gasteiger partial charge in [0.2, 0.25) is 15.9 Å². The summed E-state index contributed by atoms with van der Waals surface area (Å²) in [6, 6.07) is 14.5. The fourth-order valence-electron chi connectivity index (χ4n) is 2.79. The van der Waals surface area contributed by atoms with Gasteiger partial charge in [-0.1, -0.05) is 49.4 Å². The molecule has 2 aromatic carbocycles. The Morgan fingerprint density at radius 3 is 2.39 bits per heavy atom. The summed E-state index contributed by atoms with van der Waals surface area (Å²) in [5.41, 5.74) is 1.08. The van der Waals surface area contributed by atoms with Crippen molar-refractivity contribution in [3.05, 3.63) is 66.0 Å². The molecule has 0 aliphatic heterocycles. The van der Waals surface area contributed by atoms with Crippen molar-refractivity contribution in [1.29, 1.82) is 0 Å². The molecule has 0 spiro atoms. The third kappa shape index (κ3) is 6.24. The molecule has 8 heteroatoms. The maximum absolute atomic E-state index is 14.2. The monoisotopic (exact) mass is 424 g/mol. The van der Waals surface area contributed by atoms with Crippen molar-refractivity contribution in [2.24, 2.45) is 0 Å². The lowest BCUT2D eigenvalue weighted by atomic mass is 10.2. The van der Waals surface area contributed by atoms with Crippen molar-refractivity contribution in [2.75, 3.05) is 22.9 Å².